The second-order valence-electron chi connectivity index (χ2n) is 3.99. The SMILES string of the molecule is COCCNC(=O)CCNc1c(F)cccc1C(=O)O. The number of hydrogen-bond donors (Lipinski definition) is 3. The van der Waals surface area contributed by atoms with Crippen molar-refractivity contribution in [3.05, 3.63) is 29.6 Å². The van der Waals surface area contributed by atoms with Gasteiger partial charge in [-0.3, -0.25) is 4.79 Å². The lowest BCUT2D eigenvalue weighted by Crippen LogP contribution is -2.28. The van der Waals surface area contributed by atoms with Gasteiger partial charge in [-0.25, -0.2) is 9.18 Å². The summed E-state index contributed by atoms with van der Waals surface area (Å²) >= 11 is 0. The second-order valence-corrected chi connectivity index (χ2v) is 3.99. The third-order valence-corrected chi connectivity index (χ3v) is 2.53. The minimum absolute atomic E-state index is 0.107. The van der Waals surface area contributed by atoms with Gasteiger partial charge < -0.3 is 20.5 Å². The summed E-state index contributed by atoms with van der Waals surface area (Å²) in [6.45, 7) is 0.949. The molecule has 0 heterocycles. The van der Waals surface area contributed by atoms with Crippen LogP contribution in [0.4, 0.5) is 10.1 Å². The van der Waals surface area contributed by atoms with Crippen LogP contribution < -0.4 is 10.6 Å². The van der Waals surface area contributed by atoms with E-state index in [9.17, 15) is 14.0 Å². The van der Waals surface area contributed by atoms with Gasteiger partial charge in [0.25, 0.3) is 0 Å². The maximum atomic E-state index is 13.5. The molecule has 0 aromatic heterocycles. The first-order chi connectivity index (χ1) is 9.56. The molecule has 110 valence electrons. The molecule has 20 heavy (non-hydrogen) atoms. The van der Waals surface area contributed by atoms with Crippen molar-refractivity contribution in [2.75, 3.05) is 32.1 Å². The van der Waals surface area contributed by atoms with Crippen LogP contribution in [0.25, 0.3) is 0 Å². The Kier molecular flexibility index (Phi) is 6.45. The number of carbonyl (C=O) groups is 2. The van der Waals surface area contributed by atoms with Crippen LogP contribution in [0.2, 0.25) is 0 Å². The van der Waals surface area contributed by atoms with E-state index in [0.717, 1.165) is 6.07 Å². The third kappa shape index (κ3) is 4.85. The smallest absolute Gasteiger partial charge is 0.337 e. The molecule has 0 aliphatic heterocycles. The number of hydrogen-bond acceptors (Lipinski definition) is 4. The van der Waals surface area contributed by atoms with Crippen molar-refractivity contribution in [2.45, 2.75) is 6.42 Å². The molecule has 0 atom stereocenters. The fourth-order valence-corrected chi connectivity index (χ4v) is 1.56. The summed E-state index contributed by atoms with van der Waals surface area (Å²) in [6, 6.07) is 3.78. The lowest BCUT2D eigenvalue weighted by molar-refractivity contribution is -0.121. The average molecular weight is 284 g/mol. The highest BCUT2D eigenvalue weighted by atomic mass is 19.1. The van der Waals surface area contributed by atoms with Crippen LogP contribution >= 0.6 is 0 Å². The van der Waals surface area contributed by atoms with Gasteiger partial charge in [0.15, 0.2) is 0 Å². The normalized spacial score (nSPS) is 10.1. The van der Waals surface area contributed by atoms with Gasteiger partial charge in [-0.1, -0.05) is 6.07 Å². The highest BCUT2D eigenvalue weighted by Crippen LogP contribution is 2.19. The number of methoxy groups -OCH3 is 1. The van der Waals surface area contributed by atoms with Gasteiger partial charge in [0.1, 0.15) is 5.82 Å². The molecule has 0 saturated carbocycles. The average Bonchev–Trinajstić information content (AvgIpc) is 2.40. The van der Waals surface area contributed by atoms with Gasteiger partial charge in [0.05, 0.1) is 17.9 Å². The van der Waals surface area contributed by atoms with Crippen molar-refractivity contribution < 1.29 is 23.8 Å². The number of nitrogens with one attached hydrogen (secondary N) is 2. The van der Waals surface area contributed by atoms with Crippen molar-refractivity contribution in [1.82, 2.24) is 5.32 Å². The Morgan fingerprint density at radius 1 is 1.35 bits per heavy atom. The molecular formula is C13H17FN2O4. The van der Waals surface area contributed by atoms with Crippen molar-refractivity contribution in [3.63, 3.8) is 0 Å². The highest BCUT2D eigenvalue weighted by Gasteiger charge is 2.13. The monoisotopic (exact) mass is 284 g/mol. The van der Waals surface area contributed by atoms with E-state index in [-0.39, 0.29) is 30.1 Å². The van der Waals surface area contributed by atoms with E-state index < -0.39 is 11.8 Å². The molecule has 0 aliphatic carbocycles. The Bertz CT molecular complexity index is 479. The highest BCUT2D eigenvalue weighted by molar-refractivity contribution is 5.94. The first-order valence-electron chi connectivity index (χ1n) is 6.07. The minimum atomic E-state index is -1.23. The number of anilines is 1. The van der Waals surface area contributed by atoms with Crippen LogP contribution in [0.5, 0.6) is 0 Å². The zero-order chi connectivity index (χ0) is 15.0. The van der Waals surface area contributed by atoms with Crippen molar-refractivity contribution in [2.24, 2.45) is 0 Å². The number of para-hydroxylation sites is 1. The maximum Gasteiger partial charge on any atom is 0.337 e. The van der Waals surface area contributed by atoms with E-state index >= 15 is 0 Å². The van der Waals surface area contributed by atoms with Gasteiger partial charge in [0.2, 0.25) is 5.91 Å². The number of carboxylic acids is 1. The van der Waals surface area contributed by atoms with Crippen LogP contribution in [0.15, 0.2) is 18.2 Å². The largest absolute Gasteiger partial charge is 0.478 e. The number of benzene rings is 1. The summed E-state index contributed by atoms with van der Waals surface area (Å²) in [6.07, 6.45) is 0.108. The molecule has 0 bridgehead atoms. The van der Waals surface area contributed by atoms with E-state index in [1.165, 1.54) is 19.2 Å². The van der Waals surface area contributed by atoms with Crippen LogP contribution in [0.3, 0.4) is 0 Å². The summed E-state index contributed by atoms with van der Waals surface area (Å²) < 4.78 is 18.3. The molecule has 0 fully saturated rings. The zero-order valence-corrected chi connectivity index (χ0v) is 11.1. The van der Waals surface area contributed by atoms with E-state index in [1.54, 1.807) is 0 Å². The molecule has 0 unspecified atom stereocenters. The predicted molar refractivity (Wildman–Crippen MR) is 71.4 cm³/mol. The number of carboxylic acid groups (broad SMARTS) is 1. The first kappa shape index (κ1) is 15.9. The fourth-order valence-electron chi connectivity index (χ4n) is 1.56. The third-order valence-electron chi connectivity index (χ3n) is 2.53. The molecule has 0 radical (unpaired) electrons. The molecule has 3 N–H and O–H groups in total. The second kappa shape index (κ2) is 8.11. The summed E-state index contributed by atoms with van der Waals surface area (Å²) in [5.74, 6) is -2.11. The van der Waals surface area contributed by atoms with Crippen LogP contribution in [-0.4, -0.2) is 43.8 Å². The molecule has 0 saturated heterocycles. The van der Waals surface area contributed by atoms with Crippen molar-refractivity contribution in [3.8, 4) is 0 Å². The first-order valence-corrected chi connectivity index (χ1v) is 6.07. The molecule has 6 nitrogen and oxygen atoms in total. The Hall–Kier alpha value is -2.15. The predicted octanol–water partition coefficient (Wildman–Crippen LogP) is 1.09. The summed E-state index contributed by atoms with van der Waals surface area (Å²) in [7, 11) is 1.53. The molecule has 0 aliphatic rings. The number of amides is 1. The minimum Gasteiger partial charge on any atom is -0.478 e. The molecule has 1 aromatic rings. The zero-order valence-electron chi connectivity index (χ0n) is 11.1. The summed E-state index contributed by atoms with van der Waals surface area (Å²) in [5, 5.41) is 14.2. The number of carbonyl (C=O) groups excluding carboxylic acids is 1. The van der Waals surface area contributed by atoms with Gasteiger partial charge >= 0.3 is 5.97 Å². The Balaban J connectivity index is 2.50. The summed E-state index contributed by atoms with van der Waals surface area (Å²) in [4.78, 5) is 22.3. The number of ether oxygens (including phenoxy) is 1. The molecular weight excluding hydrogens is 267 g/mol. The van der Waals surface area contributed by atoms with Crippen molar-refractivity contribution in [1.29, 1.82) is 0 Å². The number of halogens is 1. The number of aromatic carboxylic acids is 1. The fraction of sp³-hybridized carbons (Fsp3) is 0.385. The van der Waals surface area contributed by atoms with Gasteiger partial charge in [0, 0.05) is 26.6 Å². The maximum absolute atomic E-state index is 13.5. The lowest BCUT2D eigenvalue weighted by atomic mass is 10.1. The van der Waals surface area contributed by atoms with Gasteiger partial charge in [-0.2, -0.15) is 0 Å². The van der Waals surface area contributed by atoms with Crippen LogP contribution in [0.1, 0.15) is 16.8 Å². The standard InChI is InChI=1S/C13H17FN2O4/c1-20-8-7-15-11(17)5-6-16-12-9(13(18)19)3-2-4-10(12)14/h2-4,16H,5-8H2,1H3,(H,15,17)(H,18,19). The lowest BCUT2D eigenvalue weighted by Gasteiger charge is -2.10. The van der Waals surface area contributed by atoms with Gasteiger partial charge in [-0.15, -0.1) is 0 Å². The van der Waals surface area contributed by atoms with Crippen LogP contribution in [-0.2, 0) is 9.53 Å². The molecule has 1 amide bonds. The quantitative estimate of drug-likeness (QED) is 0.622. The van der Waals surface area contributed by atoms with E-state index in [2.05, 4.69) is 10.6 Å². The van der Waals surface area contributed by atoms with Gasteiger partial charge in [-0.05, 0) is 12.1 Å². The summed E-state index contributed by atoms with van der Waals surface area (Å²) in [5.41, 5.74) is -0.269. The van der Waals surface area contributed by atoms with Crippen molar-refractivity contribution >= 4 is 17.6 Å². The Morgan fingerprint density at radius 3 is 2.75 bits per heavy atom. The molecule has 1 rings (SSSR count). The molecule has 1 aromatic carbocycles. The van der Waals surface area contributed by atoms with E-state index in [1.807, 2.05) is 0 Å². The van der Waals surface area contributed by atoms with E-state index in [0.29, 0.717) is 13.2 Å². The van der Waals surface area contributed by atoms with Crippen LogP contribution in [0, 0.1) is 5.82 Å². The topological polar surface area (TPSA) is 87.7 Å². The number of rotatable bonds is 8. The van der Waals surface area contributed by atoms with E-state index in [4.69, 9.17) is 9.84 Å². The molecule has 0 spiro atoms. The Morgan fingerprint density at radius 2 is 2.10 bits per heavy atom. The molecule has 7 heteroatoms. The Labute approximate surface area is 115 Å².